The molecule has 0 radical (unpaired) electrons. The van der Waals surface area contributed by atoms with E-state index in [9.17, 15) is 18.0 Å². The number of nitrogens with zero attached hydrogens (tertiary/aromatic N) is 1. The van der Waals surface area contributed by atoms with Crippen LogP contribution in [0.3, 0.4) is 0 Å². The highest BCUT2D eigenvalue weighted by Gasteiger charge is 2.26. The molecule has 1 N–H and O–H groups in total. The number of rotatable bonds is 8. The zero-order valence-corrected chi connectivity index (χ0v) is 18.3. The molecule has 0 spiro atoms. The number of ether oxygens (including phenoxy) is 2. The highest BCUT2D eigenvalue weighted by atomic mass is 35.5. The molecule has 3 rings (SSSR count). The molecule has 1 fully saturated rings. The lowest BCUT2D eigenvalue weighted by Gasteiger charge is -2.26. The molecule has 1 aliphatic rings. The Balaban J connectivity index is 1.55. The Bertz CT molecular complexity index is 1020. The first-order chi connectivity index (χ1) is 14.9. The van der Waals surface area contributed by atoms with Gasteiger partial charge in [0.2, 0.25) is 10.0 Å². The molecule has 0 saturated carbocycles. The molecule has 0 bridgehead atoms. The van der Waals surface area contributed by atoms with Crippen molar-refractivity contribution < 1.29 is 27.5 Å². The largest absolute Gasteiger partial charge is 0.482 e. The van der Waals surface area contributed by atoms with Gasteiger partial charge in [0.05, 0.1) is 15.6 Å². The van der Waals surface area contributed by atoms with Crippen LogP contribution < -0.4 is 10.1 Å². The molecular weight excluding hydrogens is 444 g/mol. The van der Waals surface area contributed by atoms with Crippen molar-refractivity contribution in [2.45, 2.75) is 24.2 Å². The van der Waals surface area contributed by atoms with Crippen molar-refractivity contribution >= 4 is 39.2 Å². The van der Waals surface area contributed by atoms with Crippen LogP contribution >= 0.6 is 11.6 Å². The van der Waals surface area contributed by atoms with Crippen molar-refractivity contribution in [1.29, 1.82) is 0 Å². The topological polar surface area (TPSA) is 102 Å². The lowest BCUT2D eigenvalue weighted by atomic mass is 10.2. The first-order valence-corrected chi connectivity index (χ1v) is 11.6. The molecule has 1 amide bonds. The predicted molar refractivity (Wildman–Crippen MR) is 116 cm³/mol. The van der Waals surface area contributed by atoms with Gasteiger partial charge in [-0.15, -0.1) is 0 Å². The van der Waals surface area contributed by atoms with Gasteiger partial charge in [-0.05, 0) is 43.2 Å². The Morgan fingerprint density at radius 1 is 1.00 bits per heavy atom. The van der Waals surface area contributed by atoms with Crippen LogP contribution in [0.15, 0.2) is 53.4 Å². The fourth-order valence-electron chi connectivity index (χ4n) is 3.05. The Morgan fingerprint density at radius 2 is 1.71 bits per heavy atom. The van der Waals surface area contributed by atoms with Gasteiger partial charge in [-0.1, -0.05) is 36.2 Å². The van der Waals surface area contributed by atoms with Crippen LogP contribution in [0.1, 0.15) is 19.3 Å². The number of carbonyl (C=O) groups excluding carboxylic acids is 2. The van der Waals surface area contributed by atoms with Crippen molar-refractivity contribution in [3.8, 4) is 5.75 Å². The van der Waals surface area contributed by atoms with E-state index in [-0.39, 0.29) is 22.2 Å². The molecule has 31 heavy (non-hydrogen) atoms. The molecule has 0 unspecified atom stereocenters. The van der Waals surface area contributed by atoms with Crippen LogP contribution in [0.25, 0.3) is 0 Å². The second-order valence-corrected chi connectivity index (χ2v) is 9.26. The number of hydrogen-bond donors (Lipinski definition) is 1. The summed E-state index contributed by atoms with van der Waals surface area (Å²) in [6.45, 7) is 0.0271. The van der Waals surface area contributed by atoms with Crippen molar-refractivity contribution in [2.24, 2.45) is 0 Å². The number of halogens is 1. The Labute approximate surface area is 186 Å². The minimum absolute atomic E-state index is 0.0438. The lowest BCUT2D eigenvalue weighted by molar-refractivity contribution is -0.149. The summed E-state index contributed by atoms with van der Waals surface area (Å²) in [6, 6.07) is 12.8. The Hall–Kier alpha value is -2.62. The molecular formula is C21H23ClN2O6S. The van der Waals surface area contributed by atoms with Crippen LogP contribution in [0, 0.1) is 0 Å². The minimum atomic E-state index is -3.68. The number of para-hydroxylation sites is 1. The van der Waals surface area contributed by atoms with E-state index in [1.54, 1.807) is 24.3 Å². The van der Waals surface area contributed by atoms with Gasteiger partial charge < -0.3 is 14.8 Å². The number of piperidine rings is 1. The molecule has 2 aromatic rings. The zero-order chi connectivity index (χ0) is 22.3. The van der Waals surface area contributed by atoms with E-state index in [1.807, 2.05) is 6.07 Å². The summed E-state index contributed by atoms with van der Waals surface area (Å²) in [6.07, 6.45) is 2.63. The third kappa shape index (κ3) is 6.43. The van der Waals surface area contributed by atoms with Crippen molar-refractivity contribution in [2.75, 3.05) is 31.6 Å². The number of anilines is 1. The summed E-state index contributed by atoms with van der Waals surface area (Å²) in [5.41, 5.74) is 0.126. The standard InChI is InChI=1S/C21H23ClN2O6S/c22-18-10-9-17(31(27,28)24-11-5-2-6-12-24)13-19(18)23-20(25)14-30-21(26)15-29-16-7-3-1-4-8-16/h1,3-4,7-10,13H,2,5-6,11-12,14-15H2,(H,23,25). The average molecular weight is 467 g/mol. The second-order valence-electron chi connectivity index (χ2n) is 6.92. The van der Waals surface area contributed by atoms with Gasteiger partial charge in [-0.3, -0.25) is 4.79 Å². The van der Waals surface area contributed by atoms with Crippen molar-refractivity contribution in [1.82, 2.24) is 4.31 Å². The lowest BCUT2D eigenvalue weighted by Crippen LogP contribution is -2.35. The van der Waals surface area contributed by atoms with Crippen LogP contribution in [0.4, 0.5) is 5.69 Å². The Morgan fingerprint density at radius 3 is 2.42 bits per heavy atom. The molecule has 1 heterocycles. The summed E-state index contributed by atoms with van der Waals surface area (Å²) in [7, 11) is -3.68. The van der Waals surface area contributed by atoms with E-state index in [4.69, 9.17) is 21.1 Å². The minimum Gasteiger partial charge on any atom is -0.482 e. The predicted octanol–water partition coefficient (Wildman–Crippen LogP) is 3.08. The van der Waals surface area contributed by atoms with E-state index < -0.39 is 28.5 Å². The molecule has 8 nitrogen and oxygen atoms in total. The number of sulfonamides is 1. The number of carbonyl (C=O) groups is 2. The molecule has 2 aromatic carbocycles. The highest BCUT2D eigenvalue weighted by Crippen LogP contribution is 2.28. The average Bonchev–Trinajstić information content (AvgIpc) is 2.79. The van der Waals surface area contributed by atoms with E-state index in [2.05, 4.69) is 5.32 Å². The van der Waals surface area contributed by atoms with E-state index in [1.165, 1.54) is 22.5 Å². The fourth-order valence-corrected chi connectivity index (χ4v) is 4.76. The maximum Gasteiger partial charge on any atom is 0.344 e. The fraction of sp³-hybridized carbons (Fsp3) is 0.333. The summed E-state index contributed by atoms with van der Waals surface area (Å²) in [5.74, 6) is -0.864. The Kier molecular flexibility index (Phi) is 7.89. The van der Waals surface area contributed by atoms with Crippen LogP contribution in [0.2, 0.25) is 5.02 Å². The molecule has 0 aliphatic carbocycles. The molecule has 0 aromatic heterocycles. The number of amides is 1. The first kappa shape index (κ1) is 23.1. The van der Waals surface area contributed by atoms with Gasteiger partial charge >= 0.3 is 5.97 Å². The summed E-state index contributed by atoms with van der Waals surface area (Å²) in [4.78, 5) is 24.0. The highest BCUT2D eigenvalue weighted by molar-refractivity contribution is 7.89. The van der Waals surface area contributed by atoms with Gasteiger partial charge in [0.25, 0.3) is 5.91 Å². The summed E-state index contributed by atoms with van der Waals surface area (Å²) in [5, 5.41) is 2.65. The van der Waals surface area contributed by atoms with Gasteiger partial charge in [0.1, 0.15) is 5.75 Å². The van der Waals surface area contributed by atoms with Gasteiger partial charge in [0.15, 0.2) is 13.2 Å². The van der Waals surface area contributed by atoms with Gasteiger partial charge in [-0.2, -0.15) is 4.31 Å². The number of hydrogen-bond acceptors (Lipinski definition) is 6. The third-order valence-electron chi connectivity index (χ3n) is 4.63. The molecule has 1 saturated heterocycles. The molecule has 166 valence electrons. The van der Waals surface area contributed by atoms with Crippen LogP contribution in [-0.2, 0) is 24.3 Å². The molecule has 10 heteroatoms. The first-order valence-electron chi connectivity index (χ1n) is 9.79. The number of benzene rings is 2. The second kappa shape index (κ2) is 10.6. The number of nitrogens with one attached hydrogen (secondary N) is 1. The van der Waals surface area contributed by atoms with E-state index in [0.29, 0.717) is 18.8 Å². The van der Waals surface area contributed by atoms with E-state index in [0.717, 1.165) is 19.3 Å². The normalized spacial score (nSPS) is 14.6. The SMILES string of the molecule is O=C(COC(=O)COc1ccccc1)Nc1cc(S(=O)(=O)N2CCCCC2)ccc1Cl. The maximum absolute atomic E-state index is 12.8. The smallest absolute Gasteiger partial charge is 0.344 e. The third-order valence-corrected chi connectivity index (χ3v) is 6.85. The van der Waals surface area contributed by atoms with Crippen LogP contribution in [0.5, 0.6) is 5.75 Å². The maximum atomic E-state index is 12.8. The summed E-state index contributed by atoms with van der Waals surface area (Å²) >= 11 is 6.11. The molecule has 1 aliphatic heterocycles. The monoisotopic (exact) mass is 466 g/mol. The van der Waals surface area contributed by atoms with Gasteiger partial charge in [-0.25, -0.2) is 13.2 Å². The summed E-state index contributed by atoms with van der Waals surface area (Å²) < 4.78 is 37.2. The molecule has 0 atom stereocenters. The van der Waals surface area contributed by atoms with Gasteiger partial charge in [0, 0.05) is 13.1 Å². The van der Waals surface area contributed by atoms with Crippen molar-refractivity contribution in [3.05, 3.63) is 53.6 Å². The number of esters is 1. The van der Waals surface area contributed by atoms with E-state index >= 15 is 0 Å². The van der Waals surface area contributed by atoms with Crippen molar-refractivity contribution in [3.63, 3.8) is 0 Å². The van der Waals surface area contributed by atoms with Crippen LogP contribution in [-0.4, -0.2) is 50.9 Å². The zero-order valence-electron chi connectivity index (χ0n) is 16.8. The quantitative estimate of drug-likeness (QED) is 0.600.